The Bertz CT molecular complexity index is 291. The van der Waals surface area contributed by atoms with E-state index in [1.54, 1.807) is 10.9 Å². The van der Waals surface area contributed by atoms with Crippen LogP contribution in [0.15, 0.2) is 10.9 Å². The monoisotopic (exact) mass is 456 g/mol. The molecule has 1 heterocycles. The van der Waals surface area contributed by atoms with Crippen LogP contribution in [-0.2, 0) is 16.0 Å². The Morgan fingerprint density at radius 1 is 1.79 bits per heavy atom. The third-order valence-electron chi connectivity index (χ3n) is 1.43. The Balaban J connectivity index is 0.00000169. The van der Waals surface area contributed by atoms with Gasteiger partial charge in [-0.15, -0.1) is 11.3 Å². The number of rotatable bonds is 5. The number of aromatic nitrogens is 1. The summed E-state index contributed by atoms with van der Waals surface area (Å²) < 4.78 is 0. The number of nitrogens with zero attached hydrogens (tertiary/aromatic N) is 1. The normalized spacial score (nSPS) is 11.1. The quantitative estimate of drug-likeness (QED) is 0.475. The van der Waals surface area contributed by atoms with Gasteiger partial charge in [0, 0.05) is 11.8 Å². The summed E-state index contributed by atoms with van der Waals surface area (Å²) in [4.78, 5) is 24.4. The Kier molecular flexibility index (Phi) is 4.34. The number of amides is 1. The number of carboxylic acid groups (broad SMARTS) is 1. The average Bonchev–Trinajstić information content (AvgIpc) is 2.56. The van der Waals surface area contributed by atoms with Gasteiger partial charge in [0.25, 0.3) is 0 Å². The van der Waals surface area contributed by atoms with Crippen LogP contribution in [0, 0.1) is 0 Å². The van der Waals surface area contributed by atoms with Crippen molar-refractivity contribution >= 4 is 23.7 Å². The average molecular weight is 456 g/mol. The van der Waals surface area contributed by atoms with Crippen molar-refractivity contribution < 1.29 is 14.7 Å². The molecule has 0 saturated heterocycles. The standard InChI is InChI=1S/C7H7N2O3S.Fm/c10-3-8-6(7(11)12)1-5-2-13-4-9-5;/h2,4,6H,1H2,(H,8,10)(H,11,12);/q-1;. The molecule has 1 unspecified atom stereocenters. The van der Waals surface area contributed by atoms with Gasteiger partial charge >= 0.3 is 5.97 Å². The van der Waals surface area contributed by atoms with E-state index < -0.39 is 12.0 Å². The van der Waals surface area contributed by atoms with E-state index in [9.17, 15) is 9.59 Å². The summed E-state index contributed by atoms with van der Waals surface area (Å²) >= 11 is 1.38. The van der Waals surface area contributed by atoms with E-state index in [2.05, 4.69) is 10.3 Å². The van der Waals surface area contributed by atoms with Gasteiger partial charge in [0.05, 0.1) is 11.2 Å². The zero-order valence-corrected chi connectivity index (χ0v) is 10.1. The van der Waals surface area contributed by atoms with E-state index in [0.29, 0.717) is 5.69 Å². The zero-order valence-electron chi connectivity index (χ0n) is 6.85. The summed E-state index contributed by atoms with van der Waals surface area (Å²) in [5.41, 5.74) is 2.26. The molecular weight excluding hydrogens is 449 g/mol. The zero-order chi connectivity index (χ0) is 9.68. The summed E-state index contributed by atoms with van der Waals surface area (Å²) in [5.74, 6) is -1.09. The first-order valence-electron chi connectivity index (χ1n) is 3.46. The Hall–Kier alpha value is -2.43. The number of carboxylic acids is 1. The molecule has 7 heteroatoms. The van der Waals surface area contributed by atoms with Gasteiger partial charge in [-0.2, -0.15) is 6.41 Å². The molecular formula is C7H7FmN2O3S-. The van der Waals surface area contributed by atoms with Crippen LogP contribution >= 0.6 is 11.3 Å². The largest absolute Gasteiger partial charge is 0.520 e. The molecule has 0 spiro atoms. The first kappa shape index (κ1) is 11.6. The SMILES string of the molecule is O=[C-]NC(Cc1cscn1)C(=O)O.[Fm]. The number of hydrogen-bond donors (Lipinski definition) is 2. The minimum absolute atomic E-state index is 0. The number of thiazole rings is 1. The van der Waals surface area contributed by atoms with E-state index in [4.69, 9.17) is 5.11 Å². The van der Waals surface area contributed by atoms with Crippen LogP contribution in [-0.4, -0.2) is 28.5 Å². The maximum atomic E-state index is 10.5. The maximum Gasteiger partial charge on any atom is 0.323 e. The first-order chi connectivity index (χ1) is 6.24. The molecule has 0 bridgehead atoms. The van der Waals surface area contributed by atoms with Crippen molar-refractivity contribution in [3.05, 3.63) is 16.6 Å². The van der Waals surface area contributed by atoms with Gasteiger partial charge in [-0.25, -0.2) is 4.98 Å². The summed E-state index contributed by atoms with van der Waals surface area (Å²) in [6, 6.07) is -0.945. The van der Waals surface area contributed by atoms with Crippen LogP contribution in [0.4, 0.5) is 0 Å². The fraction of sp³-hybridized carbons (Fsp3) is 0.286. The number of carbonyl (C=O) groups excluding carboxylic acids is 1. The molecule has 1 amide bonds. The van der Waals surface area contributed by atoms with Crippen LogP contribution in [0.1, 0.15) is 5.69 Å². The number of hydrogen-bond acceptors (Lipinski definition) is 4. The minimum Gasteiger partial charge on any atom is -0.520 e. The van der Waals surface area contributed by atoms with Gasteiger partial charge in [-0.3, -0.25) is 4.79 Å². The topological polar surface area (TPSA) is 79.3 Å². The maximum absolute atomic E-state index is 10.5. The number of nitrogens with one attached hydrogen (secondary N) is 1. The molecule has 0 aliphatic carbocycles. The molecule has 1 rings (SSSR count). The summed E-state index contributed by atoms with van der Waals surface area (Å²) in [7, 11) is 0. The fourth-order valence-electron chi connectivity index (χ4n) is 0.819. The molecule has 1 aromatic rings. The van der Waals surface area contributed by atoms with Gasteiger partial charge in [0.15, 0.2) is 0 Å². The second kappa shape index (κ2) is 5.26. The van der Waals surface area contributed by atoms with Crippen molar-refractivity contribution in [3.8, 4) is 0 Å². The summed E-state index contributed by atoms with van der Waals surface area (Å²) in [6.07, 6.45) is 1.54. The second-order valence-corrected chi connectivity index (χ2v) is 3.04. The van der Waals surface area contributed by atoms with Gasteiger partial charge in [-0.05, 0) is 0 Å². The smallest absolute Gasteiger partial charge is 0.323 e. The molecule has 0 radical (unpaired) electrons. The van der Waals surface area contributed by atoms with Gasteiger partial charge in [0.1, 0.15) is 6.04 Å². The predicted octanol–water partition coefficient (Wildman–Crippen LogP) is -0.204. The number of carbonyl (C=O) groups is 1. The minimum atomic E-state index is -1.09. The van der Waals surface area contributed by atoms with Gasteiger partial charge in [0.2, 0.25) is 0 Å². The Labute approximate surface area is 78.4 Å². The molecule has 1 aromatic heterocycles. The van der Waals surface area contributed by atoms with Crippen molar-refractivity contribution in [1.82, 2.24) is 10.3 Å². The van der Waals surface area contributed by atoms with E-state index in [1.807, 2.05) is 0 Å². The summed E-state index contributed by atoms with van der Waals surface area (Å²) in [5, 5.41) is 12.5. The third kappa shape index (κ3) is 2.90. The van der Waals surface area contributed by atoms with E-state index in [0.717, 1.165) is 0 Å². The first-order valence-corrected chi connectivity index (χ1v) is 4.41. The Morgan fingerprint density at radius 2 is 2.50 bits per heavy atom. The Morgan fingerprint density at radius 3 is 2.93 bits per heavy atom. The van der Waals surface area contributed by atoms with E-state index >= 15 is 0 Å². The second-order valence-electron chi connectivity index (χ2n) is 2.32. The molecule has 0 aromatic carbocycles. The van der Waals surface area contributed by atoms with Gasteiger partial charge < -0.3 is 15.2 Å². The molecule has 2 N–H and O–H groups in total. The third-order valence-corrected chi connectivity index (χ3v) is 2.06. The molecule has 1 atom stereocenters. The van der Waals surface area contributed by atoms with E-state index in [1.165, 1.54) is 17.7 Å². The van der Waals surface area contributed by atoms with Crippen LogP contribution in [0.5, 0.6) is 0 Å². The molecule has 0 saturated carbocycles. The molecule has 82 valence electrons. The van der Waals surface area contributed by atoms with Crippen molar-refractivity contribution in [2.75, 3.05) is 0 Å². The molecule has 0 fully saturated rings. The molecule has 5 nitrogen and oxygen atoms in total. The van der Waals surface area contributed by atoms with Crippen molar-refractivity contribution in [1.29, 1.82) is 0 Å². The fourth-order valence-corrected chi connectivity index (χ4v) is 1.39. The van der Waals surface area contributed by atoms with Crippen LogP contribution < -0.4 is 5.32 Å². The van der Waals surface area contributed by atoms with Crippen molar-refractivity contribution in [2.45, 2.75) is 12.5 Å². The van der Waals surface area contributed by atoms with Crippen LogP contribution in [0.25, 0.3) is 0 Å². The van der Waals surface area contributed by atoms with E-state index in [-0.39, 0.29) is 6.42 Å². The number of aliphatic carboxylic acids is 1. The summed E-state index contributed by atoms with van der Waals surface area (Å²) in [6.45, 7) is 0. The molecule has 14 heavy (non-hydrogen) atoms. The van der Waals surface area contributed by atoms with Crippen LogP contribution in [0.3, 0.4) is 0 Å². The molecule has 0 aliphatic rings. The van der Waals surface area contributed by atoms with Crippen molar-refractivity contribution in [2.24, 2.45) is 0 Å². The molecule has 0 aliphatic heterocycles. The van der Waals surface area contributed by atoms with Crippen LogP contribution in [0.2, 0.25) is 0 Å². The van der Waals surface area contributed by atoms with Gasteiger partial charge in [-0.1, -0.05) is 0 Å². The van der Waals surface area contributed by atoms with Crippen molar-refractivity contribution in [3.63, 3.8) is 0 Å². The predicted molar refractivity (Wildman–Crippen MR) is 46.1 cm³/mol.